The van der Waals surface area contributed by atoms with Gasteiger partial charge >= 0.3 is 0 Å². The molecule has 1 fully saturated rings. The maximum absolute atomic E-state index is 6.52. The number of nitrogens with one attached hydrogen (secondary N) is 1. The van der Waals surface area contributed by atoms with Crippen molar-refractivity contribution in [1.82, 2.24) is 4.98 Å². The van der Waals surface area contributed by atoms with Crippen LogP contribution in [0.1, 0.15) is 5.56 Å². The molecule has 1 aromatic heterocycles. The van der Waals surface area contributed by atoms with Crippen LogP contribution in [0.2, 0.25) is 5.15 Å². The van der Waals surface area contributed by atoms with Crippen LogP contribution in [-0.4, -0.2) is 44.5 Å². The second kappa shape index (κ2) is 8.60. The fourth-order valence-corrected chi connectivity index (χ4v) is 4.38. The number of methoxy groups -OCH3 is 1. The molecule has 0 spiro atoms. The van der Waals surface area contributed by atoms with Gasteiger partial charge in [0.05, 0.1) is 38.8 Å². The summed E-state index contributed by atoms with van der Waals surface area (Å²) in [7, 11) is 1.70. The van der Waals surface area contributed by atoms with Gasteiger partial charge in [0.1, 0.15) is 17.4 Å². The molecule has 4 nitrogen and oxygen atoms in total. The van der Waals surface area contributed by atoms with Crippen molar-refractivity contribution < 1.29 is 9.64 Å². The zero-order valence-electron chi connectivity index (χ0n) is 16.2. The quantitative estimate of drug-likeness (QED) is 0.511. The number of halogens is 1. The summed E-state index contributed by atoms with van der Waals surface area (Å²) in [5.41, 5.74) is 3.37. The summed E-state index contributed by atoms with van der Waals surface area (Å²) >= 11 is 8.24. The molecule has 2 aromatic carbocycles. The molecule has 0 saturated carbocycles. The minimum absolute atomic E-state index is 0.635. The number of rotatable bonds is 5. The van der Waals surface area contributed by atoms with E-state index in [4.69, 9.17) is 16.3 Å². The average Bonchev–Trinajstić information content (AvgIpc) is 2.74. The van der Waals surface area contributed by atoms with E-state index in [1.54, 1.807) is 23.8 Å². The third-order valence-electron chi connectivity index (χ3n) is 5.40. The van der Waals surface area contributed by atoms with Crippen LogP contribution in [-0.2, 0) is 6.54 Å². The number of fused-ring (bicyclic) bond motifs is 1. The third kappa shape index (κ3) is 4.22. The fourth-order valence-electron chi connectivity index (χ4n) is 3.74. The number of ether oxygens (including phenoxy) is 1. The Labute approximate surface area is 175 Å². The Balaban J connectivity index is 1.42. The monoisotopic (exact) mass is 414 g/mol. The number of piperazine rings is 1. The molecule has 28 heavy (non-hydrogen) atoms. The van der Waals surface area contributed by atoms with E-state index in [0.717, 1.165) is 54.9 Å². The van der Waals surface area contributed by atoms with Gasteiger partial charge in [0.15, 0.2) is 0 Å². The lowest BCUT2D eigenvalue weighted by Crippen LogP contribution is -3.13. The second-order valence-corrected chi connectivity index (χ2v) is 8.35. The van der Waals surface area contributed by atoms with Crippen LogP contribution in [0.3, 0.4) is 0 Å². The molecule has 4 rings (SSSR count). The number of aromatic nitrogens is 1. The van der Waals surface area contributed by atoms with Crippen molar-refractivity contribution >= 4 is 40.0 Å². The van der Waals surface area contributed by atoms with Crippen LogP contribution in [0.25, 0.3) is 10.9 Å². The zero-order valence-corrected chi connectivity index (χ0v) is 17.8. The predicted molar refractivity (Wildman–Crippen MR) is 118 cm³/mol. The third-order valence-corrected chi connectivity index (χ3v) is 6.45. The molecule has 0 radical (unpaired) electrons. The van der Waals surface area contributed by atoms with Gasteiger partial charge < -0.3 is 14.5 Å². The Morgan fingerprint density at radius 1 is 1.11 bits per heavy atom. The van der Waals surface area contributed by atoms with Crippen molar-refractivity contribution in [2.75, 3.05) is 44.4 Å². The van der Waals surface area contributed by atoms with E-state index in [1.807, 2.05) is 12.1 Å². The van der Waals surface area contributed by atoms with Gasteiger partial charge in [-0.05, 0) is 48.7 Å². The van der Waals surface area contributed by atoms with Gasteiger partial charge in [0.25, 0.3) is 0 Å². The Morgan fingerprint density at radius 2 is 1.86 bits per heavy atom. The van der Waals surface area contributed by atoms with Crippen molar-refractivity contribution in [3.05, 3.63) is 59.2 Å². The maximum atomic E-state index is 6.52. The highest BCUT2D eigenvalue weighted by Gasteiger charge is 2.21. The molecule has 0 atom stereocenters. The summed E-state index contributed by atoms with van der Waals surface area (Å²) in [6.45, 7) is 5.18. The molecule has 1 N–H and O–H groups in total. The van der Waals surface area contributed by atoms with Crippen LogP contribution in [0.5, 0.6) is 5.75 Å². The van der Waals surface area contributed by atoms with Gasteiger partial charge in [-0.15, -0.1) is 11.8 Å². The SMILES string of the molecule is COc1ccc(N2CC[NH+](Cc3cc4ccc(SC)cc4nc3Cl)CC2)cc1. The van der Waals surface area contributed by atoms with Gasteiger partial charge in [-0.3, -0.25) is 0 Å². The molecule has 0 bridgehead atoms. The van der Waals surface area contributed by atoms with Gasteiger partial charge in [0, 0.05) is 21.5 Å². The lowest BCUT2D eigenvalue weighted by atomic mass is 10.1. The number of benzene rings is 2. The molecule has 1 saturated heterocycles. The smallest absolute Gasteiger partial charge is 0.138 e. The van der Waals surface area contributed by atoms with Gasteiger partial charge in [-0.1, -0.05) is 17.7 Å². The number of pyridine rings is 1. The first kappa shape index (κ1) is 19.4. The van der Waals surface area contributed by atoms with Crippen molar-refractivity contribution in [3.63, 3.8) is 0 Å². The molecule has 2 heterocycles. The van der Waals surface area contributed by atoms with Crippen molar-refractivity contribution in [2.24, 2.45) is 0 Å². The standard InChI is InChI=1S/C22H24ClN3OS/c1-27-19-6-4-18(5-7-19)26-11-9-25(10-12-26)15-17-13-16-3-8-20(28-2)14-21(16)24-22(17)23/h3-8,13-14H,9-12,15H2,1-2H3/p+1. The van der Waals surface area contributed by atoms with Crippen LogP contribution < -0.4 is 14.5 Å². The first-order valence-electron chi connectivity index (χ1n) is 9.52. The van der Waals surface area contributed by atoms with Gasteiger partial charge in [-0.2, -0.15) is 0 Å². The Bertz CT molecular complexity index is 956. The van der Waals surface area contributed by atoms with Gasteiger partial charge in [0.2, 0.25) is 0 Å². The summed E-state index contributed by atoms with van der Waals surface area (Å²) in [6.07, 6.45) is 2.08. The topological polar surface area (TPSA) is 29.8 Å². The molecule has 146 valence electrons. The molecule has 0 aliphatic carbocycles. The summed E-state index contributed by atoms with van der Waals surface area (Å²) < 4.78 is 5.25. The number of hydrogen-bond donors (Lipinski definition) is 1. The Morgan fingerprint density at radius 3 is 2.54 bits per heavy atom. The summed E-state index contributed by atoms with van der Waals surface area (Å²) in [5, 5.41) is 1.80. The normalized spacial score (nSPS) is 15.2. The average molecular weight is 415 g/mol. The minimum Gasteiger partial charge on any atom is -0.497 e. The molecule has 6 heteroatoms. The highest BCUT2D eigenvalue weighted by atomic mass is 35.5. The largest absolute Gasteiger partial charge is 0.497 e. The number of quaternary nitrogens is 1. The van der Waals surface area contributed by atoms with Crippen LogP contribution in [0, 0.1) is 0 Å². The summed E-state index contributed by atoms with van der Waals surface area (Å²) in [4.78, 5) is 9.84. The van der Waals surface area contributed by atoms with E-state index in [9.17, 15) is 0 Å². The highest BCUT2D eigenvalue weighted by Crippen LogP contribution is 2.25. The van der Waals surface area contributed by atoms with E-state index >= 15 is 0 Å². The van der Waals surface area contributed by atoms with E-state index in [0.29, 0.717) is 5.15 Å². The second-order valence-electron chi connectivity index (χ2n) is 7.11. The summed E-state index contributed by atoms with van der Waals surface area (Å²) in [5.74, 6) is 0.899. The number of nitrogens with zero attached hydrogens (tertiary/aromatic N) is 2. The molecule has 3 aromatic rings. The lowest BCUT2D eigenvalue weighted by molar-refractivity contribution is -0.914. The van der Waals surface area contributed by atoms with Crippen LogP contribution in [0.4, 0.5) is 5.69 Å². The number of anilines is 1. The van der Waals surface area contributed by atoms with Gasteiger partial charge in [-0.25, -0.2) is 4.98 Å². The molecule has 1 aliphatic rings. The molecular weight excluding hydrogens is 390 g/mol. The fraction of sp³-hybridized carbons (Fsp3) is 0.318. The zero-order chi connectivity index (χ0) is 19.5. The Kier molecular flexibility index (Phi) is 5.95. The van der Waals surface area contributed by atoms with E-state index in [2.05, 4.69) is 52.5 Å². The molecule has 1 aliphatic heterocycles. The molecule has 0 unspecified atom stereocenters. The molecular formula is C22H25ClN3OS+. The van der Waals surface area contributed by atoms with E-state index in [-0.39, 0.29) is 0 Å². The number of thioether (sulfide) groups is 1. The Hall–Kier alpha value is -1.95. The minimum atomic E-state index is 0.635. The predicted octanol–water partition coefficient (Wildman–Crippen LogP) is 3.52. The lowest BCUT2D eigenvalue weighted by Gasteiger charge is -2.33. The molecule has 0 amide bonds. The highest BCUT2D eigenvalue weighted by molar-refractivity contribution is 7.98. The van der Waals surface area contributed by atoms with Crippen molar-refractivity contribution in [1.29, 1.82) is 0 Å². The maximum Gasteiger partial charge on any atom is 0.138 e. The van der Waals surface area contributed by atoms with E-state index in [1.165, 1.54) is 10.6 Å². The first-order chi connectivity index (χ1) is 13.7. The van der Waals surface area contributed by atoms with Crippen molar-refractivity contribution in [3.8, 4) is 5.75 Å². The van der Waals surface area contributed by atoms with Crippen LogP contribution >= 0.6 is 23.4 Å². The summed E-state index contributed by atoms with van der Waals surface area (Å²) in [6, 6.07) is 16.9. The van der Waals surface area contributed by atoms with Crippen LogP contribution in [0.15, 0.2) is 53.4 Å². The van der Waals surface area contributed by atoms with E-state index < -0.39 is 0 Å². The van der Waals surface area contributed by atoms with Crippen molar-refractivity contribution in [2.45, 2.75) is 11.4 Å². The number of hydrogen-bond acceptors (Lipinski definition) is 4. The first-order valence-corrected chi connectivity index (χ1v) is 11.1.